The average Bonchev–Trinajstić information content (AvgIpc) is 2.25. The van der Waals surface area contributed by atoms with Crippen LogP contribution in [-0.4, -0.2) is 26.3 Å². The molecule has 1 rings (SSSR count). The molecule has 92 valence electrons. The van der Waals surface area contributed by atoms with E-state index in [-0.39, 0.29) is 10.9 Å². The van der Waals surface area contributed by atoms with E-state index in [9.17, 15) is 8.42 Å². The summed E-state index contributed by atoms with van der Waals surface area (Å²) in [5, 5.41) is 7.30. The van der Waals surface area contributed by atoms with Crippen LogP contribution in [0.25, 0.3) is 0 Å². The molecule has 0 heterocycles. The standard InChI is InChI=1S/C10H14N4O2S/c1-7(13-14-10(11)12)8-3-5-9(6-4-8)17(2,15)16/h3-6H,1-2H3,(H4,11,12,14)/b13-7+. The Morgan fingerprint density at radius 1 is 1.12 bits per heavy atom. The lowest BCUT2D eigenvalue weighted by atomic mass is 10.1. The quantitative estimate of drug-likeness (QED) is 0.452. The first-order chi connectivity index (χ1) is 7.80. The van der Waals surface area contributed by atoms with Crippen molar-refractivity contribution in [2.24, 2.45) is 21.7 Å². The van der Waals surface area contributed by atoms with E-state index in [0.717, 1.165) is 11.8 Å². The molecule has 0 saturated carbocycles. The fourth-order valence-electron chi connectivity index (χ4n) is 1.13. The first-order valence-corrected chi connectivity index (χ1v) is 6.63. The second kappa shape index (κ2) is 4.96. The highest BCUT2D eigenvalue weighted by atomic mass is 32.2. The van der Waals surface area contributed by atoms with Crippen LogP contribution in [0.1, 0.15) is 12.5 Å². The fraction of sp³-hybridized carbons (Fsp3) is 0.200. The maximum absolute atomic E-state index is 11.2. The Bertz CT molecular complexity index is 554. The molecule has 0 aliphatic carbocycles. The number of hydrogen-bond donors (Lipinski definition) is 2. The highest BCUT2D eigenvalue weighted by Gasteiger charge is 2.06. The molecule has 0 amide bonds. The number of guanidine groups is 1. The first-order valence-electron chi connectivity index (χ1n) is 4.74. The Labute approximate surface area is 100.0 Å². The summed E-state index contributed by atoms with van der Waals surface area (Å²) in [6.07, 6.45) is 1.16. The van der Waals surface area contributed by atoms with E-state index in [2.05, 4.69) is 10.2 Å². The third kappa shape index (κ3) is 3.87. The highest BCUT2D eigenvalue weighted by molar-refractivity contribution is 7.90. The van der Waals surface area contributed by atoms with E-state index in [1.165, 1.54) is 12.1 Å². The molecule has 0 bridgehead atoms. The van der Waals surface area contributed by atoms with Gasteiger partial charge in [0.1, 0.15) is 0 Å². The molecule has 0 radical (unpaired) electrons. The van der Waals surface area contributed by atoms with Crippen LogP contribution in [0.15, 0.2) is 39.4 Å². The minimum Gasteiger partial charge on any atom is -0.369 e. The second-order valence-corrected chi connectivity index (χ2v) is 5.52. The van der Waals surface area contributed by atoms with Crippen molar-refractivity contribution in [1.82, 2.24) is 0 Å². The molecule has 6 nitrogen and oxygen atoms in total. The molecule has 0 saturated heterocycles. The predicted octanol–water partition coefficient (Wildman–Crippen LogP) is 0.0875. The molecule has 0 aliphatic rings. The summed E-state index contributed by atoms with van der Waals surface area (Å²) in [7, 11) is -3.18. The van der Waals surface area contributed by atoms with E-state index in [1.54, 1.807) is 19.1 Å². The summed E-state index contributed by atoms with van der Waals surface area (Å²) in [4.78, 5) is 0.260. The van der Waals surface area contributed by atoms with Crippen molar-refractivity contribution in [2.45, 2.75) is 11.8 Å². The lowest BCUT2D eigenvalue weighted by molar-refractivity contribution is 0.602. The Hall–Kier alpha value is -1.89. The average molecular weight is 254 g/mol. The van der Waals surface area contributed by atoms with Gasteiger partial charge in [-0.05, 0) is 24.6 Å². The van der Waals surface area contributed by atoms with Crippen LogP contribution in [0.4, 0.5) is 0 Å². The lowest BCUT2D eigenvalue weighted by Gasteiger charge is -2.01. The monoisotopic (exact) mass is 254 g/mol. The third-order valence-corrected chi connectivity index (χ3v) is 3.14. The Morgan fingerprint density at radius 3 is 2.06 bits per heavy atom. The summed E-state index contributed by atoms with van der Waals surface area (Å²) >= 11 is 0. The molecule has 1 aromatic carbocycles. The van der Waals surface area contributed by atoms with Gasteiger partial charge in [-0.25, -0.2) is 8.42 Å². The summed E-state index contributed by atoms with van der Waals surface area (Å²) in [5.74, 6) is -0.128. The van der Waals surface area contributed by atoms with Gasteiger partial charge in [0, 0.05) is 6.26 Å². The molecule has 0 spiro atoms. The van der Waals surface area contributed by atoms with Gasteiger partial charge in [0.25, 0.3) is 0 Å². The minimum absolute atomic E-state index is 0.128. The van der Waals surface area contributed by atoms with Gasteiger partial charge in [0.05, 0.1) is 10.6 Å². The first kappa shape index (κ1) is 13.2. The zero-order valence-electron chi connectivity index (χ0n) is 9.58. The summed E-state index contributed by atoms with van der Waals surface area (Å²) in [6, 6.07) is 6.33. The van der Waals surface area contributed by atoms with Crippen LogP contribution < -0.4 is 11.5 Å². The Morgan fingerprint density at radius 2 is 1.65 bits per heavy atom. The van der Waals surface area contributed by atoms with Gasteiger partial charge in [-0.2, -0.15) is 5.10 Å². The molecule has 0 atom stereocenters. The number of benzene rings is 1. The summed E-state index contributed by atoms with van der Waals surface area (Å²) in [6.45, 7) is 1.72. The van der Waals surface area contributed by atoms with Crippen LogP contribution in [0.3, 0.4) is 0 Å². The fourth-order valence-corrected chi connectivity index (χ4v) is 1.76. The smallest absolute Gasteiger partial charge is 0.211 e. The Kier molecular flexibility index (Phi) is 3.84. The normalized spacial score (nSPS) is 12.2. The van der Waals surface area contributed by atoms with Crippen molar-refractivity contribution < 1.29 is 8.42 Å². The van der Waals surface area contributed by atoms with Crippen LogP contribution >= 0.6 is 0 Å². The van der Waals surface area contributed by atoms with Gasteiger partial charge >= 0.3 is 0 Å². The molecule has 0 aliphatic heterocycles. The SMILES string of the molecule is C/C(=N\N=C(N)N)c1ccc(S(C)(=O)=O)cc1. The van der Waals surface area contributed by atoms with Gasteiger partial charge in [-0.3, -0.25) is 0 Å². The maximum Gasteiger partial charge on any atom is 0.211 e. The van der Waals surface area contributed by atoms with E-state index in [4.69, 9.17) is 11.5 Å². The van der Waals surface area contributed by atoms with E-state index >= 15 is 0 Å². The predicted molar refractivity (Wildman–Crippen MR) is 67.6 cm³/mol. The number of hydrogen-bond acceptors (Lipinski definition) is 4. The van der Waals surface area contributed by atoms with E-state index < -0.39 is 9.84 Å². The van der Waals surface area contributed by atoms with Crippen molar-refractivity contribution in [3.63, 3.8) is 0 Å². The summed E-state index contributed by atoms with van der Waals surface area (Å²) < 4.78 is 22.5. The molecule has 0 unspecified atom stereocenters. The maximum atomic E-state index is 11.2. The van der Waals surface area contributed by atoms with Crippen molar-refractivity contribution in [3.8, 4) is 0 Å². The van der Waals surface area contributed by atoms with Crippen LogP contribution in [0, 0.1) is 0 Å². The van der Waals surface area contributed by atoms with Crippen molar-refractivity contribution >= 4 is 21.5 Å². The molecule has 7 heteroatoms. The molecule has 17 heavy (non-hydrogen) atoms. The molecular weight excluding hydrogens is 240 g/mol. The van der Waals surface area contributed by atoms with E-state index in [1.807, 2.05) is 0 Å². The number of sulfone groups is 1. The second-order valence-electron chi connectivity index (χ2n) is 3.51. The molecule has 4 N–H and O–H groups in total. The summed E-state index contributed by atoms with van der Waals surface area (Å²) in [5.41, 5.74) is 11.6. The highest BCUT2D eigenvalue weighted by Crippen LogP contribution is 2.11. The van der Waals surface area contributed by atoms with Crippen molar-refractivity contribution in [2.75, 3.05) is 6.26 Å². The zero-order chi connectivity index (χ0) is 13.1. The zero-order valence-corrected chi connectivity index (χ0v) is 10.4. The van der Waals surface area contributed by atoms with Gasteiger partial charge in [0.2, 0.25) is 5.96 Å². The van der Waals surface area contributed by atoms with Crippen molar-refractivity contribution in [3.05, 3.63) is 29.8 Å². The van der Waals surface area contributed by atoms with Gasteiger partial charge in [0.15, 0.2) is 9.84 Å². The topological polar surface area (TPSA) is 111 Å². The molecule has 0 fully saturated rings. The number of nitrogens with zero attached hydrogens (tertiary/aromatic N) is 2. The largest absolute Gasteiger partial charge is 0.369 e. The lowest BCUT2D eigenvalue weighted by Crippen LogP contribution is -2.22. The van der Waals surface area contributed by atoms with Crippen LogP contribution in [0.5, 0.6) is 0 Å². The van der Waals surface area contributed by atoms with Gasteiger partial charge in [-0.1, -0.05) is 12.1 Å². The number of rotatable bonds is 3. The Balaban J connectivity index is 3.04. The van der Waals surface area contributed by atoms with E-state index in [0.29, 0.717) is 5.71 Å². The minimum atomic E-state index is -3.18. The third-order valence-electron chi connectivity index (χ3n) is 2.02. The molecule has 1 aromatic rings. The van der Waals surface area contributed by atoms with Gasteiger partial charge < -0.3 is 11.5 Å². The van der Waals surface area contributed by atoms with Crippen LogP contribution in [0.2, 0.25) is 0 Å². The molecular formula is C10H14N4O2S. The number of nitrogens with two attached hydrogens (primary N) is 2. The van der Waals surface area contributed by atoms with Crippen molar-refractivity contribution in [1.29, 1.82) is 0 Å². The van der Waals surface area contributed by atoms with Gasteiger partial charge in [-0.15, -0.1) is 5.10 Å². The molecule has 0 aromatic heterocycles. The van der Waals surface area contributed by atoms with Crippen LogP contribution in [-0.2, 0) is 9.84 Å².